The van der Waals surface area contributed by atoms with Gasteiger partial charge in [-0.3, -0.25) is 4.79 Å². The molecular weight excluding hydrogens is 406 g/mol. The van der Waals surface area contributed by atoms with Gasteiger partial charge in [-0.2, -0.15) is 4.31 Å². The van der Waals surface area contributed by atoms with E-state index in [-0.39, 0.29) is 17.3 Å². The number of likely N-dealkylation sites (N-methyl/N-ethyl adjacent to an activating group) is 1. The van der Waals surface area contributed by atoms with Gasteiger partial charge in [0.1, 0.15) is 0 Å². The van der Waals surface area contributed by atoms with Crippen LogP contribution in [0.5, 0.6) is 11.5 Å². The normalized spacial score (nSPS) is 17.7. The van der Waals surface area contributed by atoms with Crippen molar-refractivity contribution in [1.82, 2.24) is 14.5 Å². The number of hydrogen-bond acceptors (Lipinski definition) is 6. The van der Waals surface area contributed by atoms with Gasteiger partial charge >= 0.3 is 0 Å². The van der Waals surface area contributed by atoms with E-state index in [9.17, 15) is 13.2 Å². The standard InChI is InChI=1S/C21H35N3O5S/c1-5-17-9-6-7-13-24(17)14-8-12-22-21(25)16-23(2)30(26,27)18-10-11-19(28-3)20(15-18)29-4/h10-11,15,17H,5-9,12-14,16H2,1-4H3,(H,22,25)/t17-/m1/s1. The largest absolute Gasteiger partial charge is 0.493 e. The molecule has 1 saturated heterocycles. The van der Waals surface area contributed by atoms with Crippen LogP contribution in [0.25, 0.3) is 0 Å². The fourth-order valence-corrected chi connectivity index (χ4v) is 4.97. The molecule has 0 aromatic heterocycles. The van der Waals surface area contributed by atoms with Crippen molar-refractivity contribution in [2.24, 2.45) is 0 Å². The molecule has 8 nitrogen and oxygen atoms in total. The quantitative estimate of drug-likeness (QED) is 0.529. The zero-order valence-electron chi connectivity index (χ0n) is 18.5. The van der Waals surface area contributed by atoms with Crippen LogP contribution in [0.4, 0.5) is 0 Å². The zero-order valence-corrected chi connectivity index (χ0v) is 19.3. The van der Waals surface area contributed by atoms with Crippen molar-refractivity contribution < 1.29 is 22.7 Å². The van der Waals surface area contributed by atoms with Crippen molar-refractivity contribution in [2.45, 2.75) is 50.0 Å². The van der Waals surface area contributed by atoms with Crippen LogP contribution in [0.3, 0.4) is 0 Å². The molecule has 170 valence electrons. The van der Waals surface area contributed by atoms with Crippen molar-refractivity contribution in [3.8, 4) is 11.5 Å². The van der Waals surface area contributed by atoms with Crippen molar-refractivity contribution in [2.75, 3.05) is 47.4 Å². The Morgan fingerprint density at radius 3 is 2.63 bits per heavy atom. The number of likely N-dealkylation sites (tertiary alicyclic amines) is 1. The van der Waals surface area contributed by atoms with E-state index in [4.69, 9.17) is 9.47 Å². The maximum Gasteiger partial charge on any atom is 0.243 e. The summed E-state index contributed by atoms with van der Waals surface area (Å²) in [4.78, 5) is 14.8. The molecule has 0 saturated carbocycles. The van der Waals surface area contributed by atoms with Gasteiger partial charge in [-0.25, -0.2) is 8.42 Å². The lowest BCUT2D eigenvalue weighted by Gasteiger charge is -2.35. The first-order chi connectivity index (χ1) is 14.3. The van der Waals surface area contributed by atoms with Gasteiger partial charge in [0.2, 0.25) is 15.9 Å². The minimum Gasteiger partial charge on any atom is -0.493 e. The molecule has 9 heteroatoms. The molecule has 0 unspecified atom stereocenters. The summed E-state index contributed by atoms with van der Waals surface area (Å²) >= 11 is 0. The highest BCUT2D eigenvalue weighted by Gasteiger charge is 2.24. The predicted octanol–water partition coefficient (Wildman–Crippen LogP) is 2.10. The monoisotopic (exact) mass is 441 g/mol. The molecule has 1 fully saturated rings. The second-order valence-electron chi connectivity index (χ2n) is 7.58. The Morgan fingerprint density at radius 2 is 1.97 bits per heavy atom. The third-order valence-corrected chi connectivity index (χ3v) is 7.39. The summed E-state index contributed by atoms with van der Waals surface area (Å²) in [5.74, 6) is 0.447. The Balaban J connectivity index is 1.84. The highest BCUT2D eigenvalue weighted by molar-refractivity contribution is 7.89. The second kappa shape index (κ2) is 11.5. The van der Waals surface area contributed by atoms with Crippen LogP contribution in [0, 0.1) is 0 Å². The molecule has 0 spiro atoms. The van der Waals surface area contributed by atoms with Gasteiger partial charge in [0.05, 0.1) is 25.7 Å². The van der Waals surface area contributed by atoms with Gasteiger partial charge in [0.15, 0.2) is 11.5 Å². The van der Waals surface area contributed by atoms with Crippen LogP contribution in [0.2, 0.25) is 0 Å². The Bertz CT molecular complexity index is 800. The van der Waals surface area contributed by atoms with Gasteiger partial charge in [0, 0.05) is 32.2 Å². The number of methoxy groups -OCH3 is 2. The lowest BCUT2D eigenvalue weighted by molar-refractivity contribution is -0.121. The van der Waals surface area contributed by atoms with Crippen LogP contribution < -0.4 is 14.8 Å². The van der Waals surface area contributed by atoms with Gasteiger partial charge in [0.25, 0.3) is 0 Å². The van der Waals surface area contributed by atoms with Crippen molar-refractivity contribution in [1.29, 1.82) is 0 Å². The lowest BCUT2D eigenvalue weighted by Crippen LogP contribution is -2.42. The molecule has 1 amide bonds. The number of carbonyl (C=O) groups is 1. The first-order valence-electron chi connectivity index (χ1n) is 10.5. The van der Waals surface area contributed by atoms with E-state index in [0.29, 0.717) is 24.1 Å². The SMILES string of the molecule is CC[C@@H]1CCCCN1CCCNC(=O)CN(C)S(=O)(=O)c1ccc(OC)c(OC)c1. The number of hydrogen-bond donors (Lipinski definition) is 1. The Labute approximate surface area is 180 Å². The summed E-state index contributed by atoms with van der Waals surface area (Å²) < 4.78 is 36.9. The summed E-state index contributed by atoms with van der Waals surface area (Å²) in [6, 6.07) is 5.01. The average Bonchev–Trinajstić information content (AvgIpc) is 2.76. The molecule has 1 aliphatic rings. The summed E-state index contributed by atoms with van der Waals surface area (Å²) in [5, 5.41) is 2.83. The van der Waals surface area contributed by atoms with Crippen molar-refractivity contribution in [3.63, 3.8) is 0 Å². The highest BCUT2D eigenvalue weighted by Crippen LogP contribution is 2.30. The van der Waals surface area contributed by atoms with Crippen LogP contribution in [0.1, 0.15) is 39.0 Å². The molecule has 0 aliphatic carbocycles. The lowest BCUT2D eigenvalue weighted by atomic mass is 10.00. The number of sulfonamides is 1. The minimum absolute atomic E-state index is 0.0474. The van der Waals surface area contributed by atoms with Crippen LogP contribution in [-0.4, -0.2) is 77.0 Å². The number of amides is 1. The molecule has 1 aromatic carbocycles. The maximum absolute atomic E-state index is 12.8. The summed E-state index contributed by atoms with van der Waals surface area (Å²) in [6.07, 6.45) is 5.80. The fourth-order valence-electron chi connectivity index (χ4n) is 3.83. The van der Waals surface area contributed by atoms with Gasteiger partial charge in [-0.1, -0.05) is 13.3 Å². The smallest absolute Gasteiger partial charge is 0.243 e. The third-order valence-electron chi connectivity index (χ3n) is 5.59. The first-order valence-corrected chi connectivity index (χ1v) is 12.0. The van der Waals surface area contributed by atoms with E-state index in [2.05, 4.69) is 17.1 Å². The number of nitrogens with zero attached hydrogens (tertiary/aromatic N) is 2. The number of rotatable bonds is 11. The van der Waals surface area contributed by atoms with Crippen molar-refractivity contribution >= 4 is 15.9 Å². The highest BCUT2D eigenvalue weighted by atomic mass is 32.2. The van der Waals surface area contributed by atoms with E-state index in [0.717, 1.165) is 30.2 Å². The van der Waals surface area contributed by atoms with Crippen molar-refractivity contribution in [3.05, 3.63) is 18.2 Å². The molecule has 2 rings (SSSR count). The number of piperidine rings is 1. The van der Waals surface area contributed by atoms with E-state index < -0.39 is 10.0 Å². The summed E-state index contributed by atoms with van der Waals surface area (Å²) in [7, 11) is 0.498. The fraction of sp³-hybridized carbons (Fsp3) is 0.667. The molecule has 1 aliphatic heterocycles. The Hall–Kier alpha value is -1.84. The average molecular weight is 442 g/mol. The molecule has 1 heterocycles. The van der Waals surface area contributed by atoms with Crippen LogP contribution >= 0.6 is 0 Å². The molecular formula is C21H35N3O5S. The second-order valence-corrected chi connectivity index (χ2v) is 9.62. The number of ether oxygens (including phenoxy) is 2. The van der Waals surface area contributed by atoms with E-state index in [1.165, 1.54) is 58.7 Å². The Morgan fingerprint density at radius 1 is 1.23 bits per heavy atom. The number of benzene rings is 1. The summed E-state index contributed by atoms with van der Waals surface area (Å²) in [5.41, 5.74) is 0. The third kappa shape index (κ3) is 6.33. The minimum atomic E-state index is -3.82. The topological polar surface area (TPSA) is 88.2 Å². The number of nitrogens with one attached hydrogen (secondary N) is 1. The Kier molecular flexibility index (Phi) is 9.38. The molecule has 30 heavy (non-hydrogen) atoms. The summed E-state index contributed by atoms with van der Waals surface area (Å²) in [6.45, 7) is 4.60. The van der Waals surface area contributed by atoms with Gasteiger partial charge < -0.3 is 19.7 Å². The molecule has 1 aromatic rings. The zero-order chi connectivity index (χ0) is 22.1. The maximum atomic E-state index is 12.8. The van der Waals surface area contributed by atoms with E-state index in [1.54, 1.807) is 0 Å². The van der Waals surface area contributed by atoms with Crippen LogP contribution in [0.15, 0.2) is 23.1 Å². The molecule has 1 atom stereocenters. The van der Waals surface area contributed by atoms with E-state index in [1.807, 2.05) is 0 Å². The van der Waals surface area contributed by atoms with Gasteiger partial charge in [-0.05, 0) is 44.4 Å². The molecule has 0 radical (unpaired) electrons. The number of carbonyl (C=O) groups excluding carboxylic acids is 1. The van der Waals surface area contributed by atoms with E-state index >= 15 is 0 Å². The molecule has 1 N–H and O–H groups in total. The first kappa shape index (κ1) is 24.4. The van der Waals surface area contributed by atoms with Crippen LogP contribution in [-0.2, 0) is 14.8 Å². The molecule has 0 bridgehead atoms. The predicted molar refractivity (Wildman–Crippen MR) is 116 cm³/mol. The van der Waals surface area contributed by atoms with Gasteiger partial charge in [-0.15, -0.1) is 0 Å².